The van der Waals surface area contributed by atoms with Crippen LogP contribution < -0.4 is 4.74 Å². The lowest BCUT2D eigenvalue weighted by atomic mass is 10.5. The van der Waals surface area contributed by atoms with Gasteiger partial charge in [-0.1, -0.05) is 18.7 Å². The van der Waals surface area contributed by atoms with Crippen molar-refractivity contribution in [3.63, 3.8) is 0 Å². The van der Waals surface area contributed by atoms with Crippen molar-refractivity contribution < 1.29 is 4.74 Å². The first-order valence-corrected chi connectivity index (χ1v) is 5.69. The molecule has 1 aromatic rings. The van der Waals surface area contributed by atoms with Crippen LogP contribution in [0.3, 0.4) is 0 Å². The first-order valence-electron chi connectivity index (χ1n) is 4.33. The van der Waals surface area contributed by atoms with E-state index in [0.29, 0.717) is 5.16 Å². The summed E-state index contributed by atoms with van der Waals surface area (Å²) < 4.78 is 5.32. The molecule has 4 nitrogen and oxygen atoms in total. The molecular weight excluding hydrogens is 222 g/mol. The van der Waals surface area contributed by atoms with Crippen LogP contribution in [0, 0.1) is 0 Å². The molecule has 0 aliphatic carbocycles. The van der Waals surface area contributed by atoms with Crippen LogP contribution >= 0.6 is 23.4 Å². The molecule has 0 bridgehead atoms. The average Bonchev–Trinajstić information content (AvgIpc) is 2.01. The van der Waals surface area contributed by atoms with Crippen LogP contribution in [-0.2, 0) is 0 Å². The van der Waals surface area contributed by atoms with Gasteiger partial charge in [0.25, 0.3) is 0 Å². The van der Waals surface area contributed by atoms with Crippen molar-refractivity contribution in [2.45, 2.75) is 32.0 Å². The first-order chi connectivity index (χ1) is 6.61. The number of aromatic nitrogens is 3. The lowest BCUT2D eigenvalue weighted by Crippen LogP contribution is -2.09. The SMILES string of the molecule is CCSc1nc(Cl)nc(OC(C)C)n1. The molecule has 0 amide bonds. The Morgan fingerprint density at radius 1 is 1.36 bits per heavy atom. The predicted octanol–water partition coefficient (Wildman–Crippen LogP) is 2.42. The van der Waals surface area contributed by atoms with Gasteiger partial charge in [0.2, 0.25) is 5.28 Å². The molecule has 0 N–H and O–H groups in total. The van der Waals surface area contributed by atoms with Gasteiger partial charge in [0.1, 0.15) is 0 Å². The van der Waals surface area contributed by atoms with E-state index in [1.54, 1.807) is 0 Å². The Morgan fingerprint density at radius 2 is 2.07 bits per heavy atom. The zero-order chi connectivity index (χ0) is 10.6. The number of hydrogen-bond donors (Lipinski definition) is 0. The summed E-state index contributed by atoms with van der Waals surface area (Å²) >= 11 is 7.22. The molecule has 0 unspecified atom stereocenters. The van der Waals surface area contributed by atoms with E-state index in [-0.39, 0.29) is 17.4 Å². The fourth-order valence-electron chi connectivity index (χ4n) is 0.772. The third kappa shape index (κ3) is 3.67. The average molecular weight is 234 g/mol. The van der Waals surface area contributed by atoms with Gasteiger partial charge in [-0.3, -0.25) is 0 Å². The van der Waals surface area contributed by atoms with E-state index >= 15 is 0 Å². The maximum Gasteiger partial charge on any atom is 0.321 e. The van der Waals surface area contributed by atoms with E-state index in [9.17, 15) is 0 Å². The van der Waals surface area contributed by atoms with Crippen molar-refractivity contribution in [2.24, 2.45) is 0 Å². The molecule has 0 spiro atoms. The van der Waals surface area contributed by atoms with E-state index in [1.807, 2.05) is 20.8 Å². The van der Waals surface area contributed by atoms with Crippen molar-refractivity contribution >= 4 is 23.4 Å². The second-order valence-corrected chi connectivity index (χ2v) is 4.34. The van der Waals surface area contributed by atoms with Crippen LogP contribution in [0.15, 0.2) is 5.16 Å². The summed E-state index contributed by atoms with van der Waals surface area (Å²) in [5.41, 5.74) is 0. The normalized spacial score (nSPS) is 10.6. The molecule has 0 fully saturated rings. The molecule has 0 aliphatic heterocycles. The summed E-state index contributed by atoms with van der Waals surface area (Å²) in [6.45, 7) is 5.83. The van der Waals surface area contributed by atoms with Crippen LogP contribution in [0.25, 0.3) is 0 Å². The zero-order valence-corrected chi connectivity index (χ0v) is 9.89. The Morgan fingerprint density at radius 3 is 2.64 bits per heavy atom. The lowest BCUT2D eigenvalue weighted by molar-refractivity contribution is 0.219. The molecule has 78 valence electrons. The third-order valence-electron chi connectivity index (χ3n) is 1.18. The number of hydrogen-bond acceptors (Lipinski definition) is 5. The molecule has 1 rings (SSSR count). The Hall–Kier alpha value is -0.550. The number of thioether (sulfide) groups is 1. The fraction of sp³-hybridized carbons (Fsp3) is 0.625. The second kappa shape index (κ2) is 5.36. The highest BCUT2D eigenvalue weighted by molar-refractivity contribution is 7.99. The van der Waals surface area contributed by atoms with Crippen LogP contribution in [0.4, 0.5) is 0 Å². The van der Waals surface area contributed by atoms with E-state index in [0.717, 1.165) is 5.75 Å². The Bertz CT molecular complexity index is 309. The monoisotopic (exact) mass is 233 g/mol. The number of ether oxygens (including phenoxy) is 1. The van der Waals surface area contributed by atoms with Gasteiger partial charge in [-0.2, -0.15) is 15.0 Å². The maximum absolute atomic E-state index is 5.71. The van der Waals surface area contributed by atoms with Crippen molar-refractivity contribution in [1.82, 2.24) is 15.0 Å². The van der Waals surface area contributed by atoms with Crippen molar-refractivity contribution in [3.8, 4) is 6.01 Å². The van der Waals surface area contributed by atoms with Crippen molar-refractivity contribution in [2.75, 3.05) is 5.75 Å². The van der Waals surface area contributed by atoms with Crippen LogP contribution in [0.5, 0.6) is 6.01 Å². The molecular formula is C8H12ClN3OS. The summed E-state index contributed by atoms with van der Waals surface area (Å²) in [7, 11) is 0. The molecule has 0 saturated carbocycles. The van der Waals surface area contributed by atoms with Gasteiger partial charge >= 0.3 is 6.01 Å². The Kier molecular flexibility index (Phi) is 4.41. The molecule has 0 aromatic carbocycles. The molecule has 0 saturated heterocycles. The third-order valence-corrected chi connectivity index (χ3v) is 2.08. The topological polar surface area (TPSA) is 47.9 Å². The zero-order valence-electron chi connectivity index (χ0n) is 8.32. The van der Waals surface area contributed by atoms with Gasteiger partial charge in [0, 0.05) is 0 Å². The van der Waals surface area contributed by atoms with Crippen LogP contribution in [0.1, 0.15) is 20.8 Å². The number of nitrogens with zero attached hydrogens (tertiary/aromatic N) is 3. The number of rotatable bonds is 4. The maximum atomic E-state index is 5.71. The summed E-state index contributed by atoms with van der Waals surface area (Å²) in [5.74, 6) is 0.890. The molecule has 1 aromatic heterocycles. The van der Waals surface area contributed by atoms with Crippen LogP contribution in [-0.4, -0.2) is 26.8 Å². The summed E-state index contributed by atoms with van der Waals surface area (Å²) in [5, 5.41) is 0.773. The molecule has 0 aliphatic rings. The van der Waals surface area contributed by atoms with E-state index in [2.05, 4.69) is 15.0 Å². The molecule has 6 heteroatoms. The minimum atomic E-state index is 0.0351. The van der Waals surface area contributed by atoms with Gasteiger partial charge in [-0.15, -0.1) is 0 Å². The molecule has 0 radical (unpaired) electrons. The Labute approximate surface area is 92.5 Å². The molecule has 14 heavy (non-hydrogen) atoms. The van der Waals surface area contributed by atoms with Gasteiger partial charge in [-0.05, 0) is 31.2 Å². The van der Waals surface area contributed by atoms with Crippen LogP contribution in [0.2, 0.25) is 5.28 Å². The first kappa shape index (κ1) is 11.5. The Balaban J connectivity index is 2.83. The predicted molar refractivity (Wildman–Crippen MR) is 57.0 cm³/mol. The van der Waals surface area contributed by atoms with Gasteiger partial charge in [0.15, 0.2) is 5.16 Å². The smallest absolute Gasteiger partial charge is 0.321 e. The summed E-state index contributed by atoms with van der Waals surface area (Å²) in [6, 6.07) is 0.288. The molecule has 0 atom stereocenters. The van der Waals surface area contributed by atoms with E-state index < -0.39 is 0 Å². The fourth-order valence-corrected chi connectivity index (χ4v) is 1.53. The number of halogens is 1. The summed E-state index contributed by atoms with van der Waals surface area (Å²) in [6.07, 6.45) is 0.0351. The highest BCUT2D eigenvalue weighted by Gasteiger charge is 2.07. The van der Waals surface area contributed by atoms with Gasteiger partial charge in [0.05, 0.1) is 6.10 Å². The second-order valence-electron chi connectivity index (χ2n) is 2.77. The lowest BCUT2D eigenvalue weighted by Gasteiger charge is -2.07. The standard InChI is InChI=1S/C8H12ClN3OS/c1-4-14-8-11-6(9)10-7(12-8)13-5(2)3/h5H,4H2,1-3H3. The van der Waals surface area contributed by atoms with E-state index in [4.69, 9.17) is 16.3 Å². The summed E-state index contributed by atoms with van der Waals surface area (Å²) in [4.78, 5) is 11.9. The highest BCUT2D eigenvalue weighted by Crippen LogP contribution is 2.17. The van der Waals surface area contributed by atoms with E-state index in [1.165, 1.54) is 11.8 Å². The van der Waals surface area contributed by atoms with Crippen molar-refractivity contribution in [1.29, 1.82) is 0 Å². The molecule has 1 heterocycles. The van der Waals surface area contributed by atoms with Gasteiger partial charge < -0.3 is 4.74 Å². The largest absolute Gasteiger partial charge is 0.461 e. The quantitative estimate of drug-likeness (QED) is 0.748. The van der Waals surface area contributed by atoms with Gasteiger partial charge in [-0.25, -0.2) is 0 Å². The van der Waals surface area contributed by atoms with Crippen molar-refractivity contribution in [3.05, 3.63) is 5.28 Å². The highest BCUT2D eigenvalue weighted by atomic mass is 35.5. The minimum Gasteiger partial charge on any atom is -0.461 e. The minimum absolute atomic E-state index is 0.0351.